The average Bonchev–Trinajstić information content (AvgIpc) is 2.30. The Kier molecular flexibility index (Phi) is 13.6. The zero-order valence-electron chi connectivity index (χ0n) is 12.2. The standard InChI is InChI=1S/C17H33/c1-4-5-6-7-8-9-10-11-12-13-14-15-16-17(2)3/h4-5,17H,1,6-16H2,2-3H3/b5-4+. The Balaban J connectivity index is 2.94. The molecule has 0 bridgehead atoms. The minimum atomic E-state index is 0.891. The molecule has 0 spiro atoms. The smallest absolute Gasteiger partial charge is 0.0316 e. The van der Waals surface area contributed by atoms with Crippen molar-refractivity contribution in [3.8, 4) is 0 Å². The Hall–Kier alpha value is -0.260. The van der Waals surface area contributed by atoms with E-state index in [2.05, 4.69) is 26.8 Å². The van der Waals surface area contributed by atoms with Crippen LogP contribution in [0.25, 0.3) is 0 Å². The fraction of sp³-hybridized carbons (Fsp3) is 0.824. The molecule has 0 fully saturated rings. The van der Waals surface area contributed by atoms with Gasteiger partial charge in [0.2, 0.25) is 0 Å². The van der Waals surface area contributed by atoms with Crippen LogP contribution in [0.15, 0.2) is 12.2 Å². The van der Waals surface area contributed by atoms with Gasteiger partial charge in [-0.15, -0.1) is 0 Å². The summed E-state index contributed by atoms with van der Waals surface area (Å²) >= 11 is 0. The second-order valence-corrected chi connectivity index (χ2v) is 5.62. The molecule has 101 valence electrons. The summed E-state index contributed by atoms with van der Waals surface area (Å²) in [5.74, 6) is 0.891. The fourth-order valence-electron chi connectivity index (χ4n) is 2.17. The lowest BCUT2D eigenvalue weighted by Gasteiger charge is -2.04. The summed E-state index contributed by atoms with van der Waals surface area (Å²) in [6.45, 7) is 8.35. The molecule has 0 rings (SSSR count). The third-order valence-electron chi connectivity index (χ3n) is 3.32. The maximum absolute atomic E-state index is 3.70. The van der Waals surface area contributed by atoms with Crippen molar-refractivity contribution in [2.75, 3.05) is 0 Å². The van der Waals surface area contributed by atoms with Crippen molar-refractivity contribution >= 4 is 0 Å². The summed E-state index contributed by atoms with van der Waals surface area (Å²) in [4.78, 5) is 0. The monoisotopic (exact) mass is 237 g/mol. The van der Waals surface area contributed by atoms with Crippen molar-refractivity contribution in [3.63, 3.8) is 0 Å². The minimum absolute atomic E-state index is 0.891. The van der Waals surface area contributed by atoms with Gasteiger partial charge in [0, 0.05) is 0 Å². The van der Waals surface area contributed by atoms with Crippen LogP contribution in [0.1, 0.15) is 84.5 Å². The van der Waals surface area contributed by atoms with Crippen LogP contribution in [0, 0.1) is 12.8 Å². The maximum atomic E-state index is 3.70. The molecule has 0 nitrogen and oxygen atoms in total. The predicted molar refractivity (Wildman–Crippen MR) is 80.1 cm³/mol. The second kappa shape index (κ2) is 13.8. The highest BCUT2D eigenvalue weighted by atomic mass is 14.0. The molecule has 0 aromatic carbocycles. The van der Waals surface area contributed by atoms with Gasteiger partial charge in [-0.05, 0) is 25.7 Å². The van der Waals surface area contributed by atoms with Crippen molar-refractivity contribution in [1.29, 1.82) is 0 Å². The molecule has 0 aliphatic rings. The average molecular weight is 237 g/mol. The molecule has 0 amide bonds. The first-order valence-electron chi connectivity index (χ1n) is 7.71. The van der Waals surface area contributed by atoms with Crippen LogP contribution in [-0.2, 0) is 0 Å². The van der Waals surface area contributed by atoms with Crippen LogP contribution in [0.3, 0.4) is 0 Å². The van der Waals surface area contributed by atoms with Gasteiger partial charge >= 0.3 is 0 Å². The molecule has 1 radical (unpaired) electrons. The summed E-state index contributed by atoms with van der Waals surface area (Å²) in [6, 6.07) is 0. The van der Waals surface area contributed by atoms with Gasteiger partial charge in [0.25, 0.3) is 0 Å². The van der Waals surface area contributed by atoms with Crippen LogP contribution < -0.4 is 0 Å². The van der Waals surface area contributed by atoms with Gasteiger partial charge in [-0.25, -0.2) is 0 Å². The molecule has 0 atom stereocenters. The molecular weight excluding hydrogens is 204 g/mol. The van der Waals surface area contributed by atoms with Gasteiger partial charge < -0.3 is 0 Å². The van der Waals surface area contributed by atoms with Crippen molar-refractivity contribution < 1.29 is 0 Å². The van der Waals surface area contributed by atoms with Crippen LogP contribution in [0.2, 0.25) is 0 Å². The zero-order chi connectivity index (χ0) is 12.8. The van der Waals surface area contributed by atoms with E-state index in [1.54, 1.807) is 0 Å². The van der Waals surface area contributed by atoms with Gasteiger partial charge in [0.1, 0.15) is 0 Å². The summed E-state index contributed by atoms with van der Waals surface area (Å²) in [5, 5.41) is 0. The number of rotatable bonds is 12. The van der Waals surface area contributed by atoms with Gasteiger partial charge in [0.15, 0.2) is 0 Å². The van der Waals surface area contributed by atoms with Crippen LogP contribution in [0.5, 0.6) is 0 Å². The van der Waals surface area contributed by atoms with E-state index in [0.29, 0.717) is 0 Å². The normalized spacial score (nSPS) is 11.8. The van der Waals surface area contributed by atoms with E-state index in [1.807, 2.05) is 6.08 Å². The highest BCUT2D eigenvalue weighted by Crippen LogP contribution is 2.13. The first-order valence-corrected chi connectivity index (χ1v) is 7.71. The predicted octanol–water partition coefficient (Wildman–Crippen LogP) is 6.32. The van der Waals surface area contributed by atoms with Gasteiger partial charge in [-0.1, -0.05) is 83.8 Å². The lowest BCUT2D eigenvalue weighted by molar-refractivity contribution is 0.506. The molecule has 0 aliphatic heterocycles. The molecule has 0 aliphatic carbocycles. The molecule has 0 N–H and O–H groups in total. The zero-order valence-corrected chi connectivity index (χ0v) is 12.2. The summed E-state index contributed by atoms with van der Waals surface area (Å²) in [6.07, 6.45) is 19.6. The topological polar surface area (TPSA) is 0 Å². The number of allylic oxidation sites excluding steroid dienone is 2. The quantitative estimate of drug-likeness (QED) is 0.348. The highest BCUT2D eigenvalue weighted by Gasteiger charge is 1.95. The van der Waals surface area contributed by atoms with Crippen molar-refractivity contribution in [2.45, 2.75) is 84.5 Å². The van der Waals surface area contributed by atoms with E-state index in [4.69, 9.17) is 0 Å². The Morgan fingerprint density at radius 1 is 0.765 bits per heavy atom. The fourth-order valence-corrected chi connectivity index (χ4v) is 2.17. The Labute approximate surface area is 110 Å². The summed E-state index contributed by atoms with van der Waals surface area (Å²) in [7, 11) is 0. The molecule has 0 saturated heterocycles. The molecular formula is C17H33. The third kappa shape index (κ3) is 15.7. The van der Waals surface area contributed by atoms with Crippen molar-refractivity contribution in [3.05, 3.63) is 19.1 Å². The Morgan fingerprint density at radius 3 is 1.71 bits per heavy atom. The van der Waals surface area contributed by atoms with Crippen molar-refractivity contribution in [1.82, 2.24) is 0 Å². The minimum Gasteiger partial charge on any atom is -0.0885 e. The lowest BCUT2D eigenvalue weighted by atomic mass is 10.0. The van der Waals surface area contributed by atoms with Gasteiger partial charge in [-0.2, -0.15) is 0 Å². The van der Waals surface area contributed by atoms with Crippen LogP contribution in [-0.4, -0.2) is 0 Å². The Bertz CT molecular complexity index is 155. The van der Waals surface area contributed by atoms with E-state index in [1.165, 1.54) is 70.6 Å². The number of hydrogen-bond acceptors (Lipinski definition) is 0. The summed E-state index contributed by atoms with van der Waals surface area (Å²) in [5.41, 5.74) is 0. The van der Waals surface area contributed by atoms with E-state index in [9.17, 15) is 0 Å². The van der Waals surface area contributed by atoms with E-state index >= 15 is 0 Å². The Morgan fingerprint density at radius 2 is 1.24 bits per heavy atom. The molecule has 0 heterocycles. The first-order chi connectivity index (χ1) is 8.27. The number of hydrogen-bond donors (Lipinski definition) is 0. The second-order valence-electron chi connectivity index (χ2n) is 5.62. The lowest BCUT2D eigenvalue weighted by Crippen LogP contribution is -1.87. The molecule has 17 heavy (non-hydrogen) atoms. The van der Waals surface area contributed by atoms with E-state index < -0.39 is 0 Å². The van der Waals surface area contributed by atoms with Crippen LogP contribution in [0.4, 0.5) is 0 Å². The summed E-state index contributed by atoms with van der Waals surface area (Å²) < 4.78 is 0. The van der Waals surface area contributed by atoms with E-state index in [-0.39, 0.29) is 0 Å². The molecule has 0 aromatic heterocycles. The maximum Gasteiger partial charge on any atom is -0.0316 e. The molecule has 0 aromatic rings. The van der Waals surface area contributed by atoms with E-state index in [0.717, 1.165) is 5.92 Å². The van der Waals surface area contributed by atoms with Crippen molar-refractivity contribution in [2.24, 2.45) is 5.92 Å². The van der Waals surface area contributed by atoms with Crippen LogP contribution >= 0.6 is 0 Å². The molecule has 0 heteroatoms. The van der Waals surface area contributed by atoms with Gasteiger partial charge in [0.05, 0.1) is 0 Å². The molecule has 0 unspecified atom stereocenters. The first kappa shape index (κ1) is 16.7. The largest absolute Gasteiger partial charge is 0.0885 e. The third-order valence-corrected chi connectivity index (χ3v) is 3.32. The SMILES string of the molecule is [CH2]/C=C/CCCCCCCCCCCC(C)C. The number of unbranched alkanes of at least 4 members (excludes halogenated alkanes) is 9. The molecule has 0 saturated carbocycles. The highest BCUT2D eigenvalue weighted by molar-refractivity contribution is 4.83. The van der Waals surface area contributed by atoms with Gasteiger partial charge in [-0.3, -0.25) is 0 Å².